The highest BCUT2D eigenvalue weighted by atomic mass is 32.1. The zero-order chi connectivity index (χ0) is 31.7. The molecule has 44 heavy (non-hydrogen) atoms. The molecule has 1 atom stereocenters. The Balaban J connectivity index is 1.88. The first-order valence-corrected chi connectivity index (χ1v) is 14.4. The number of carbonyl (C=O) groups excluding carboxylic acids is 1. The maximum absolute atomic E-state index is 14.2. The van der Waals surface area contributed by atoms with Crippen LogP contribution >= 0.6 is 11.3 Å². The van der Waals surface area contributed by atoms with Crippen LogP contribution in [0, 0.1) is 20.2 Å². The van der Waals surface area contributed by atoms with Gasteiger partial charge in [-0.05, 0) is 41.8 Å². The van der Waals surface area contributed by atoms with Crippen LogP contribution < -0.4 is 19.6 Å². The number of phenolic OH excluding ortho intramolecular Hbond substituents is 1. The molecule has 2 heterocycles. The third kappa shape index (κ3) is 5.19. The molecular weight excluding hydrogens is 592 g/mol. The van der Waals surface area contributed by atoms with Crippen molar-refractivity contribution in [1.82, 2.24) is 4.57 Å². The van der Waals surface area contributed by atoms with Crippen LogP contribution in [0.2, 0.25) is 0 Å². The highest BCUT2D eigenvalue weighted by molar-refractivity contribution is 7.07. The van der Waals surface area contributed by atoms with Crippen LogP contribution in [-0.4, -0.2) is 39.2 Å². The van der Waals surface area contributed by atoms with Gasteiger partial charge in [-0.25, -0.2) is 9.79 Å². The Bertz CT molecular complexity index is 2030. The minimum absolute atomic E-state index is 0.0446. The van der Waals surface area contributed by atoms with Crippen LogP contribution in [0.5, 0.6) is 11.5 Å². The number of nitrogens with zero attached hydrogens (tertiary/aromatic N) is 4. The number of rotatable bonds is 9. The van der Waals surface area contributed by atoms with E-state index in [0.717, 1.165) is 34.2 Å². The molecule has 1 aliphatic heterocycles. The van der Waals surface area contributed by atoms with Crippen molar-refractivity contribution in [2.45, 2.75) is 32.7 Å². The van der Waals surface area contributed by atoms with E-state index in [9.17, 15) is 34.9 Å². The second-order valence-electron chi connectivity index (χ2n) is 9.74. The molecule has 0 spiro atoms. The normalized spacial score (nSPS) is 14.7. The minimum atomic E-state index is -1.09. The zero-order valence-corrected chi connectivity index (χ0v) is 24.6. The molecule has 13 nitrogen and oxygen atoms in total. The molecule has 5 rings (SSSR count). The van der Waals surface area contributed by atoms with Gasteiger partial charge in [0.25, 0.3) is 11.3 Å². The van der Waals surface area contributed by atoms with Crippen molar-refractivity contribution in [1.29, 1.82) is 0 Å². The Morgan fingerprint density at radius 1 is 1.11 bits per heavy atom. The van der Waals surface area contributed by atoms with E-state index < -0.39 is 44.5 Å². The van der Waals surface area contributed by atoms with Gasteiger partial charge in [-0.1, -0.05) is 55.0 Å². The molecule has 1 aliphatic rings. The summed E-state index contributed by atoms with van der Waals surface area (Å²) in [5.41, 5.74) is -1.25. The summed E-state index contributed by atoms with van der Waals surface area (Å²) < 4.78 is 12.6. The number of aromatic hydroxyl groups is 1. The molecule has 0 aliphatic carbocycles. The zero-order valence-electron chi connectivity index (χ0n) is 23.8. The lowest BCUT2D eigenvalue weighted by Crippen LogP contribution is -2.40. The number of carbonyl (C=O) groups is 1. The lowest BCUT2D eigenvalue weighted by molar-refractivity contribution is -0.396. The maximum atomic E-state index is 14.2. The Hall–Kier alpha value is -5.37. The first-order chi connectivity index (χ1) is 21.1. The molecule has 1 aromatic heterocycles. The van der Waals surface area contributed by atoms with Gasteiger partial charge in [0.1, 0.15) is 11.8 Å². The Kier molecular flexibility index (Phi) is 8.27. The molecule has 0 fully saturated rings. The van der Waals surface area contributed by atoms with Crippen molar-refractivity contribution in [3.8, 4) is 11.5 Å². The maximum Gasteiger partial charge on any atom is 0.338 e. The number of fused-ring (bicyclic) bond motifs is 2. The second kappa shape index (κ2) is 12.1. The molecule has 1 N–H and O–H groups in total. The predicted molar refractivity (Wildman–Crippen MR) is 162 cm³/mol. The van der Waals surface area contributed by atoms with Gasteiger partial charge in [-0.15, -0.1) is 0 Å². The van der Waals surface area contributed by atoms with Gasteiger partial charge in [0, 0.05) is 17.7 Å². The van der Waals surface area contributed by atoms with Crippen LogP contribution in [0.3, 0.4) is 0 Å². The summed E-state index contributed by atoms with van der Waals surface area (Å²) in [4.78, 5) is 53.9. The molecule has 0 radical (unpaired) electrons. The fourth-order valence-corrected chi connectivity index (χ4v) is 6.29. The van der Waals surface area contributed by atoms with Crippen molar-refractivity contribution in [2.24, 2.45) is 4.99 Å². The molecule has 0 amide bonds. The number of ether oxygens (including phenoxy) is 2. The number of hydrogen-bond acceptors (Lipinski definition) is 11. The van der Waals surface area contributed by atoms with Gasteiger partial charge in [0.2, 0.25) is 0 Å². The summed E-state index contributed by atoms with van der Waals surface area (Å²) in [6.45, 7) is 3.69. The van der Waals surface area contributed by atoms with Gasteiger partial charge < -0.3 is 14.6 Å². The highest BCUT2D eigenvalue weighted by Gasteiger charge is 2.37. The first-order valence-electron chi connectivity index (χ1n) is 13.5. The number of thiazole rings is 1. The van der Waals surface area contributed by atoms with Crippen LogP contribution in [0.4, 0.5) is 11.4 Å². The molecular formula is C30H26N4O9S. The fourth-order valence-electron chi connectivity index (χ4n) is 5.27. The van der Waals surface area contributed by atoms with Crippen LogP contribution in [0.1, 0.15) is 43.9 Å². The van der Waals surface area contributed by atoms with E-state index in [1.54, 1.807) is 13.0 Å². The van der Waals surface area contributed by atoms with Crippen LogP contribution in [0.25, 0.3) is 16.8 Å². The van der Waals surface area contributed by atoms with Crippen molar-refractivity contribution >= 4 is 45.5 Å². The Labute approximate surface area is 252 Å². The smallest absolute Gasteiger partial charge is 0.338 e. The number of methoxy groups -OCH3 is 1. The number of benzene rings is 3. The Morgan fingerprint density at radius 2 is 1.80 bits per heavy atom. The van der Waals surface area contributed by atoms with E-state index >= 15 is 0 Å². The van der Waals surface area contributed by atoms with Crippen LogP contribution in [0.15, 0.2) is 69.6 Å². The molecule has 3 aromatic carbocycles. The van der Waals surface area contributed by atoms with E-state index in [4.69, 9.17) is 14.5 Å². The summed E-state index contributed by atoms with van der Waals surface area (Å²) in [6, 6.07) is 11.9. The van der Waals surface area contributed by atoms with Gasteiger partial charge in [0.05, 0.1) is 39.4 Å². The molecule has 0 bridgehead atoms. The lowest BCUT2D eigenvalue weighted by atomic mass is 9.90. The van der Waals surface area contributed by atoms with Gasteiger partial charge in [-0.3, -0.25) is 29.6 Å². The summed E-state index contributed by atoms with van der Waals surface area (Å²) >= 11 is 0.962. The molecule has 226 valence electrons. The molecule has 14 heteroatoms. The minimum Gasteiger partial charge on any atom is -0.497 e. The third-order valence-corrected chi connectivity index (χ3v) is 8.08. The topological polar surface area (TPSA) is 176 Å². The quantitative estimate of drug-likeness (QED) is 0.163. The monoisotopic (exact) mass is 618 g/mol. The summed E-state index contributed by atoms with van der Waals surface area (Å²) in [7, 11) is 1.49. The fraction of sp³-hybridized carbons (Fsp3) is 0.233. The van der Waals surface area contributed by atoms with Crippen molar-refractivity contribution in [2.75, 3.05) is 13.7 Å². The number of esters is 1. The van der Waals surface area contributed by atoms with Crippen molar-refractivity contribution < 1.29 is 29.2 Å². The Morgan fingerprint density at radius 3 is 2.41 bits per heavy atom. The second-order valence-corrected chi connectivity index (χ2v) is 10.7. The summed E-state index contributed by atoms with van der Waals surface area (Å²) in [6.07, 6.45) is 2.30. The van der Waals surface area contributed by atoms with Gasteiger partial charge in [-0.2, -0.15) is 0 Å². The average molecular weight is 619 g/mol. The summed E-state index contributed by atoms with van der Waals surface area (Å²) in [5, 5.41) is 34.7. The summed E-state index contributed by atoms with van der Waals surface area (Å²) in [5.74, 6) is -1.31. The van der Waals surface area contributed by atoms with Crippen molar-refractivity contribution in [3.05, 3.63) is 111 Å². The van der Waals surface area contributed by atoms with Gasteiger partial charge in [0.15, 0.2) is 4.80 Å². The lowest BCUT2D eigenvalue weighted by Gasteiger charge is -2.28. The number of phenols is 1. The van der Waals surface area contributed by atoms with Crippen LogP contribution in [-0.2, 0) is 9.53 Å². The van der Waals surface area contributed by atoms with Crippen molar-refractivity contribution in [3.63, 3.8) is 0 Å². The van der Waals surface area contributed by atoms with E-state index in [1.807, 2.05) is 37.3 Å². The number of hydrogen-bond donors (Lipinski definition) is 1. The molecule has 4 aromatic rings. The number of allylic oxidation sites excluding steroid dienone is 1. The molecule has 0 saturated heterocycles. The number of nitro groups is 2. The van der Waals surface area contributed by atoms with E-state index in [1.165, 1.54) is 17.8 Å². The molecule has 0 saturated carbocycles. The van der Waals surface area contributed by atoms with E-state index in [2.05, 4.69) is 0 Å². The first kappa shape index (κ1) is 30.1. The molecule has 1 unspecified atom stereocenters. The van der Waals surface area contributed by atoms with E-state index in [0.29, 0.717) is 29.9 Å². The number of aromatic nitrogens is 1. The third-order valence-electron chi connectivity index (χ3n) is 7.10. The average Bonchev–Trinajstić information content (AvgIpc) is 3.30. The highest BCUT2D eigenvalue weighted by Crippen LogP contribution is 2.41. The number of nitro benzene ring substituents is 2. The largest absolute Gasteiger partial charge is 0.497 e. The standard InChI is InChI=1S/C30H26N4O9S/c1-4-8-19-25(29(37)43-5-2)26(24-18-10-7-6-9-17(18)11-12-22(24)42-3)32-28(36)23(44-30(32)31-19)15-16-13-20(33(38)39)27(35)21(14-16)34(40)41/h6-7,9-15,26,35H,4-5,8H2,1-3H3/b23-15-. The van der Waals surface area contributed by atoms with Gasteiger partial charge >= 0.3 is 17.3 Å². The predicted octanol–water partition coefficient (Wildman–Crippen LogP) is 4.26. The van der Waals surface area contributed by atoms with E-state index in [-0.39, 0.29) is 27.1 Å². The SMILES string of the molecule is CCCC1=C(C(=O)OCC)C(c2c(OC)ccc3ccccc23)n2c(s/c(=C\c3cc([N+](=O)[O-])c(O)c([N+](=O)[O-])c3)c2=O)=N1.